The zero-order valence-electron chi connectivity index (χ0n) is 2.21. The number of hydrogen-bond donors (Lipinski definition) is 0. The second-order valence-corrected chi connectivity index (χ2v) is 2.82. The molecule has 0 amide bonds. The summed E-state index contributed by atoms with van der Waals surface area (Å²) < 4.78 is 0.587. The van der Waals surface area contributed by atoms with Gasteiger partial charge in [0.25, 0.3) is 0 Å². The summed E-state index contributed by atoms with van der Waals surface area (Å²) in [6, 6.07) is 0. The minimum absolute atomic E-state index is 0.587. The molecular weight excluding hydrogens is 222 g/mol. The second kappa shape index (κ2) is 3.25. The molecule has 0 nitrogen and oxygen atoms in total. The molecule has 0 N–H and O–H groups in total. The fraction of sp³-hybridized carbons (Fsp3) is 0. The first-order valence-electron chi connectivity index (χ1n) is 0.885. The molecule has 0 heterocycles. The second-order valence-electron chi connectivity index (χ2n) is 0.399. The van der Waals surface area contributed by atoms with Gasteiger partial charge in [-0.15, -0.1) is 0 Å². The van der Waals surface area contributed by atoms with Crippen molar-refractivity contribution in [3.8, 4) is 0 Å². The predicted octanol–water partition coefficient (Wildman–Crippen LogP) is 2.70. The largest absolute Gasteiger partial charge is 0.0908 e. The molecule has 0 spiro atoms. The van der Waals surface area contributed by atoms with E-state index in [0.29, 0.717) is 3.04 Å². The quantitative estimate of drug-likeness (QED) is 0.553. The zero-order valence-corrected chi connectivity index (χ0v) is 5.88. The summed E-state index contributed by atoms with van der Waals surface area (Å²) in [5.74, 6) is 0. The Balaban J connectivity index is 3.14. The zero-order chi connectivity index (χ0) is 4.28. The van der Waals surface area contributed by atoms with Crippen LogP contribution in [-0.2, 0) is 0 Å². The molecule has 0 bridgehead atoms. The van der Waals surface area contributed by atoms with Crippen LogP contribution in [-0.4, -0.2) is 0 Å². The Morgan fingerprint density at radius 3 is 2.00 bits per heavy atom. The van der Waals surface area contributed by atoms with Gasteiger partial charge in [-0.2, -0.15) is 0 Å². The first-order valence-corrected chi connectivity index (χ1v) is 2.78. The van der Waals surface area contributed by atoms with E-state index in [4.69, 9.17) is 23.2 Å². The SMILES string of the molecule is Cl/C=C(/Cl)I. The van der Waals surface area contributed by atoms with Crippen LogP contribution in [0.2, 0.25) is 0 Å². The lowest BCUT2D eigenvalue weighted by Crippen LogP contribution is -1.31. The first kappa shape index (κ1) is 6.05. The highest BCUT2D eigenvalue weighted by atomic mass is 127. The summed E-state index contributed by atoms with van der Waals surface area (Å²) in [5, 5.41) is 0. The normalized spacial score (nSPS) is 12.2. The van der Waals surface area contributed by atoms with Crippen LogP contribution >= 0.6 is 45.8 Å². The van der Waals surface area contributed by atoms with E-state index in [-0.39, 0.29) is 0 Å². The molecule has 0 aromatic carbocycles. The van der Waals surface area contributed by atoms with Crippen LogP contribution in [0.4, 0.5) is 0 Å². The number of rotatable bonds is 0. The monoisotopic (exact) mass is 222 g/mol. The maximum absolute atomic E-state index is 5.18. The average Bonchev–Trinajstić information content (AvgIpc) is 1.38. The highest BCUT2D eigenvalue weighted by Crippen LogP contribution is 2.10. The van der Waals surface area contributed by atoms with Crippen molar-refractivity contribution in [3.05, 3.63) is 8.57 Å². The van der Waals surface area contributed by atoms with E-state index >= 15 is 0 Å². The third kappa shape index (κ3) is 5.05. The summed E-state index contributed by atoms with van der Waals surface area (Å²) >= 11 is 12.1. The summed E-state index contributed by atoms with van der Waals surface area (Å²) in [6.45, 7) is 0. The molecule has 0 aromatic rings. The van der Waals surface area contributed by atoms with Crippen molar-refractivity contribution in [1.82, 2.24) is 0 Å². The van der Waals surface area contributed by atoms with Gasteiger partial charge in [-0.1, -0.05) is 23.2 Å². The molecule has 30 valence electrons. The van der Waals surface area contributed by atoms with Crippen LogP contribution in [0.3, 0.4) is 0 Å². The highest BCUT2D eigenvalue weighted by molar-refractivity contribution is 14.1. The van der Waals surface area contributed by atoms with Crippen molar-refractivity contribution in [3.63, 3.8) is 0 Å². The van der Waals surface area contributed by atoms with E-state index in [1.165, 1.54) is 5.54 Å². The summed E-state index contributed by atoms with van der Waals surface area (Å²) in [6.07, 6.45) is 0. The van der Waals surface area contributed by atoms with Gasteiger partial charge in [0.15, 0.2) is 0 Å². The molecule has 0 aromatic heterocycles. The Kier molecular flexibility index (Phi) is 3.93. The first-order chi connectivity index (χ1) is 2.27. The van der Waals surface area contributed by atoms with Crippen LogP contribution in [0.5, 0.6) is 0 Å². The Hall–Kier alpha value is 1.05. The van der Waals surface area contributed by atoms with Crippen molar-refractivity contribution in [2.24, 2.45) is 0 Å². The van der Waals surface area contributed by atoms with Gasteiger partial charge < -0.3 is 0 Å². The molecule has 0 unspecified atom stereocenters. The maximum Gasteiger partial charge on any atom is 0.0901 e. The summed E-state index contributed by atoms with van der Waals surface area (Å²) in [5.41, 5.74) is 1.31. The van der Waals surface area contributed by atoms with Gasteiger partial charge in [0.1, 0.15) is 0 Å². The van der Waals surface area contributed by atoms with Crippen LogP contribution in [0.25, 0.3) is 0 Å². The predicted molar refractivity (Wildman–Crippen MR) is 33.8 cm³/mol. The van der Waals surface area contributed by atoms with Gasteiger partial charge in [-0.3, -0.25) is 0 Å². The minimum atomic E-state index is 0.587. The lowest BCUT2D eigenvalue weighted by molar-refractivity contribution is 2.47. The molecular formula is C2HCl2I. The Morgan fingerprint density at radius 1 is 1.80 bits per heavy atom. The van der Waals surface area contributed by atoms with Gasteiger partial charge >= 0.3 is 0 Å². The molecule has 0 saturated heterocycles. The molecule has 3 heteroatoms. The van der Waals surface area contributed by atoms with Gasteiger partial charge in [0, 0.05) is 5.54 Å². The molecule has 0 fully saturated rings. The lowest BCUT2D eigenvalue weighted by atomic mass is 11.3. The fourth-order valence-corrected chi connectivity index (χ4v) is 0. The minimum Gasteiger partial charge on any atom is -0.0908 e. The Bertz CT molecular complexity index is 45.6. The van der Waals surface area contributed by atoms with Crippen molar-refractivity contribution >= 4 is 45.8 Å². The third-order valence-corrected chi connectivity index (χ3v) is 1.20. The molecule has 0 radical (unpaired) electrons. The number of halogens is 3. The van der Waals surface area contributed by atoms with Crippen molar-refractivity contribution in [2.75, 3.05) is 0 Å². The fourth-order valence-electron chi connectivity index (χ4n) is 0. The lowest BCUT2D eigenvalue weighted by Gasteiger charge is -1.65. The highest BCUT2D eigenvalue weighted by Gasteiger charge is 1.69. The molecule has 5 heavy (non-hydrogen) atoms. The van der Waals surface area contributed by atoms with E-state index in [1.807, 2.05) is 22.6 Å². The third-order valence-electron chi connectivity index (χ3n) is 0.0825. The van der Waals surface area contributed by atoms with Crippen LogP contribution in [0.1, 0.15) is 0 Å². The van der Waals surface area contributed by atoms with Crippen LogP contribution in [0, 0.1) is 0 Å². The van der Waals surface area contributed by atoms with Gasteiger partial charge in [-0.25, -0.2) is 0 Å². The van der Waals surface area contributed by atoms with Gasteiger partial charge in [0.05, 0.1) is 3.04 Å². The van der Waals surface area contributed by atoms with Crippen LogP contribution < -0.4 is 0 Å². The topological polar surface area (TPSA) is 0 Å². The van der Waals surface area contributed by atoms with E-state index in [0.717, 1.165) is 0 Å². The van der Waals surface area contributed by atoms with E-state index in [9.17, 15) is 0 Å². The molecule has 0 aliphatic heterocycles. The maximum atomic E-state index is 5.18. The molecule has 0 aliphatic carbocycles. The number of hydrogen-bond acceptors (Lipinski definition) is 0. The van der Waals surface area contributed by atoms with Gasteiger partial charge in [0.2, 0.25) is 0 Å². The summed E-state index contributed by atoms with van der Waals surface area (Å²) in [7, 11) is 0. The Morgan fingerprint density at radius 2 is 2.00 bits per heavy atom. The molecule has 0 saturated carbocycles. The molecule has 0 aliphatic rings. The summed E-state index contributed by atoms with van der Waals surface area (Å²) in [4.78, 5) is 0. The van der Waals surface area contributed by atoms with Crippen molar-refractivity contribution in [2.45, 2.75) is 0 Å². The Labute approximate surface area is 54.3 Å². The van der Waals surface area contributed by atoms with Crippen LogP contribution in [0.15, 0.2) is 8.57 Å². The average molecular weight is 223 g/mol. The van der Waals surface area contributed by atoms with Crippen molar-refractivity contribution < 1.29 is 0 Å². The standard InChI is InChI=1S/C2HCl2I/c3-1-2(4)5/h1H/b2-1-. The van der Waals surface area contributed by atoms with E-state index in [1.54, 1.807) is 0 Å². The van der Waals surface area contributed by atoms with Gasteiger partial charge in [-0.05, 0) is 22.6 Å². The smallest absolute Gasteiger partial charge is 0.0901 e. The van der Waals surface area contributed by atoms with Crippen molar-refractivity contribution in [1.29, 1.82) is 0 Å². The van der Waals surface area contributed by atoms with E-state index in [2.05, 4.69) is 0 Å². The molecule has 0 atom stereocenters. The molecule has 0 rings (SSSR count). The van der Waals surface area contributed by atoms with E-state index < -0.39 is 0 Å².